The van der Waals surface area contributed by atoms with Crippen LogP contribution in [0, 0.1) is 17.2 Å². The van der Waals surface area contributed by atoms with E-state index in [0.29, 0.717) is 33.8 Å². The Labute approximate surface area is 235 Å². The van der Waals surface area contributed by atoms with Crippen LogP contribution in [0.4, 0.5) is 5.69 Å². The summed E-state index contributed by atoms with van der Waals surface area (Å²) in [6.45, 7) is 4.37. The highest BCUT2D eigenvalue weighted by molar-refractivity contribution is 6.35. The molecular formula is C30H34Cl2N4O2. The van der Waals surface area contributed by atoms with Gasteiger partial charge in [-0.05, 0) is 84.8 Å². The molecule has 0 aromatic heterocycles. The summed E-state index contributed by atoms with van der Waals surface area (Å²) in [6, 6.07) is 23.6. The van der Waals surface area contributed by atoms with Crippen LogP contribution < -0.4 is 10.6 Å². The van der Waals surface area contributed by atoms with E-state index in [1.54, 1.807) is 25.3 Å². The summed E-state index contributed by atoms with van der Waals surface area (Å²) in [7, 11) is 1.74. The van der Waals surface area contributed by atoms with E-state index in [-0.39, 0.29) is 5.92 Å². The van der Waals surface area contributed by atoms with Crippen molar-refractivity contribution in [1.82, 2.24) is 10.2 Å². The molecule has 1 fully saturated rings. The summed E-state index contributed by atoms with van der Waals surface area (Å²) in [5.74, 6) is 0.695. The third-order valence-corrected chi connectivity index (χ3v) is 7.61. The van der Waals surface area contributed by atoms with Gasteiger partial charge in [-0.1, -0.05) is 59.6 Å². The summed E-state index contributed by atoms with van der Waals surface area (Å²) in [6.07, 6.45) is 1.20. The van der Waals surface area contributed by atoms with Crippen molar-refractivity contribution in [2.45, 2.75) is 25.1 Å². The van der Waals surface area contributed by atoms with Crippen LogP contribution in [0.2, 0.25) is 10.0 Å². The van der Waals surface area contributed by atoms with Crippen molar-refractivity contribution < 1.29 is 9.84 Å². The van der Waals surface area contributed by atoms with Crippen molar-refractivity contribution in [3.63, 3.8) is 0 Å². The fraction of sp³-hybridized carbons (Fsp3) is 0.367. The number of ether oxygens (including phenoxy) is 1. The maximum absolute atomic E-state index is 10.7. The standard InChI is InChI=1S/C30H34Cl2N4O2/c1-38-14-13-36-11-9-24(10-12-36)29(20-34-30(37)35-28-17-26(31)16-27(32)18-28)23-7-5-22(6-8-23)25-4-2-3-21(15-25)19-33/h2-8,15-18,24,29-30,34-35,37H,9-14,20H2,1H3/t29?,30-/m1/s1. The first-order valence-electron chi connectivity index (χ1n) is 12.9. The topological polar surface area (TPSA) is 80.6 Å². The fourth-order valence-electron chi connectivity index (χ4n) is 5.13. The molecule has 3 aromatic carbocycles. The van der Waals surface area contributed by atoms with Gasteiger partial charge in [0.1, 0.15) is 0 Å². The molecular weight excluding hydrogens is 519 g/mol. The monoisotopic (exact) mass is 552 g/mol. The zero-order valence-corrected chi connectivity index (χ0v) is 23.1. The van der Waals surface area contributed by atoms with E-state index >= 15 is 0 Å². The minimum absolute atomic E-state index is 0.221. The number of benzene rings is 3. The van der Waals surface area contributed by atoms with Gasteiger partial charge in [0.15, 0.2) is 6.35 Å². The Bertz CT molecular complexity index is 1200. The van der Waals surface area contributed by atoms with Crippen LogP contribution >= 0.6 is 23.2 Å². The second-order valence-electron chi connectivity index (χ2n) is 9.71. The van der Waals surface area contributed by atoms with Crippen LogP contribution in [0.25, 0.3) is 11.1 Å². The molecule has 3 N–H and O–H groups in total. The highest BCUT2D eigenvalue weighted by atomic mass is 35.5. The largest absolute Gasteiger partial charge is 0.383 e. The SMILES string of the molecule is COCCN1CCC(C(CN[C@@H](O)Nc2cc(Cl)cc(Cl)c2)c2ccc(-c3cccc(C#N)c3)cc2)CC1. The van der Waals surface area contributed by atoms with Gasteiger partial charge in [-0.25, -0.2) is 0 Å². The van der Waals surface area contributed by atoms with Gasteiger partial charge < -0.3 is 20.1 Å². The molecule has 0 radical (unpaired) electrons. The molecule has 3 aromatic rings. The van der Waals surface area contributed by atoms with Gasteiger partial charge in [0.05, 0.1) is 18.2 Å². The maximum atomic E-state index is 10.7. The molecule has 0 saturated carbocycles. The van der Waals surface area contributed by atoms with Crippen LogP contribution in [0.1, 0.15) is 29.9 Å². The third-order valence-electron chi connectivity index (χ3n) is 7.17. The lowest BCUT2D eigenvalue weighted by atomic mass is 9.79. The molecule has 0 spiro atoms. The first-order chi connectivity index (χ1) is 18.4. The molecule has 1 saturated heterocycles. The van der Waals surface area contributed by atoms with Crippen molar-refractivity contribution in [3.8, 4) is 17.2 Å². The minimum atomic E-state index is -0.957. The summed E-state index contributed by atoms with van der Waals surface area (Å²) in [5, 5.41) is 27.3. The van der Waals surface area contributed by atoms with E-state index < -0.39 is 6.35 Å². The Hall–Kier alpha value is -2.63. The number of piperidine rings is 1. The number of hydrogen-bond acceptors (Lipinski definition) is 6. The van der Waals surface area contributed by atoms with Gasteiger partial charge in [0.2, 0.25) is 0 Å². The average molecular weight is 554 g/mol. The molecule has 1 aliphatic rings. The molecule has 0 amide bonds. The van der Waals surface area contributed by atoms with E-state index in [1.807, 2.05) is 24.3 Å². The molecule has 38 heavy (non-hydrogen) atoms. The molecule has 1 unspecified atom stereocenters. The Balaban J connectivity index is 1.47. The number of rotatable bonds is 11. The van der Waals surface area contributed by atoms with Crippen molar-refractivity contribution >= 4 is 28.9 Å². The Morgan fingerprint density at radius 3 is 2.39 bits per heavy atom. The molecule has 200 valence electrons. The maximum Gasteiger partial charge on any atom is 0.181 e. The van der Waals surface area contributed by atoms with E-state index in [1.165, 1.54) is 5.56 Å². The van der Waals surface area contributed by atoms with Gasteiger partial charge in [-0.2, -0.15) is 5.26 Å². The lowest BCUT2D eigenvalue weighted by Gasteiger charge is -2.37. The number of aliphatic hydroxyl groups is 1. The average Bonchev–Trinajstić information content (AvgIpc) is 2.92. The molecule has 4 rings (SSSR count). The van der Waals surface area contributed by atoms with Gasteiger partial charge in [-0.3, -0.25) is 5.32 Å². The van der Waals surface area contributed by atoms with Crippen LogP contribution in [-0.2, 0) is 4.74 Å². The van der Waals surface area contributed by atoms with Gasteiger partial charge in [-0.15, -0.1) is 0 Å². The third kappa shape index (κ3) is 7.94. The number of methoxy groups -OCH3 is 1. The molecule has 1 heterocycles. The molecule has 0 bridgehead atoms. The lowest BCUT2D eigenvalue weighted by Crippen LogP contribution is -2.42. The number of nitriles is 1. The van der Waals surface area contributed by atoms with Crippen molar-refractivity contribution in [2.24, 2.45) is 5.92 Å². The molecule has 6 nitrogen and oxygen atoms in total. The predicted octanol–water partition coefficient (Wildman–Crippen LogP) is 5.95. The normalized spacial score (nSPS) is 16.1. The Kier molecular flexibility index (Phi) is 10.4. The quantitative estimate of drug-likeness (QED) is 0.255. The van der Waals surface area contributed by atoms with Crippen LogP contribution in [0.3, 0.4) is 0 Å². The predicted molar refractivity (Wildman–Crippen MR) is 154 cm³/mol. The first-order valence-corrected chi connectivity index (χ1v) is 13.7. The molecule has 8 heteroatoms. The zero-order chi connectivity index (χ0) is 26.9. The molecule has 0 aliphatic carbocycles. The Morgan fingerprint density at radius 1 is 1.03 bits per heavy atom. The van der Waals surface area contributed by atoms with E-state index in [0.717, 1.165) is 50.2 Å². The Morgan fingerprint density at radius 2 is 1.74 bits per heavy atom. The van der Waals surface area contributed by atoms with Gasteiger partial charge >= 0.3 is 0 Å². The number of nitrogens with one attached hydrogen (secondary N) is 2. The highest BCUT2D eigenvalue weighted by Crippen LogP contribution is 2.34. The summed E-state index contributed by atoms with van der Waals surface area (Å²) in [4.78, 5) is 2.45. The van der Waals surface area contributed by atoms with Crippen LogP contribution in [-0.4, -0.2) is 56.3 Å². The van der Waals surface area contributed by atoms with Crippen molar-refractivity contribution in [2.75, 3.05) is 45.2 Å². The fourth-order valence-corrected chi connectivity index (χ4v) is 5.66. The minimum Gasteiger partial charge on any atom is -0.383 e. The summed E-state index contributed by atoms with van der Waals surface area (Å²) in [5.41, 5.74) is 4.62. The number of likely N-dealkylation sites (tertiary alicyclic amines) is 1. The van der Waals surface area contributed by atoms with E-state index in [9.17, 15) is 10.4 Å². The van der Waals surface area contributed by atoms with Crippen LogP contribution in [0.15, 0.2) is 66.7 Å². The number of nitrogens with zero attached hydrogens (tertiary/aromatic N) is 2. The highest BCUT2D eigenvalue weighted by Gasteiger charge is 2.28. The van der Waals surface area contributed by atoms with Crippen molar-refractivity contribution in [3.05, 3.63) is 87.9 Å². The number of anilines is 1. The second kappa shape index (κ2) is 14.0. The smallest absolute Gasteiger partial charge is 0.181 e. The van der Waals surface area contributed by atoms with E-state index in [4.69, 9.17) is 27.9 Å². The number of halogens is 2. The number of aliphatic hydroxyl groups excluding tert-OH is 1. The summed E-state index contributed by atoms with van der Waals surface area (Å²) < 4.78 is 5.26. The molecule has 1 aliphatic heterocycles. The van der Waals surface area contributed by atoms with Crippen LogP contribution in [0.5, 0.6) is 0 Å². The molecule has 2 atom stereocenters. The summed E-state index contributed by atoms with van der Waals surface area (Å²) >= 11 is 12.2. The number of hydrogen-bond donors (Lipinski definition) is 3. The zero-order valence-electron chi connectivity index (χ0n) is 21.5. The van der Waals surface area contributed by atoms with E-state index in [2.05, 4.69) is 45.9 Å². The van der Waals surface area contributed by atoms with Gasteiger partial charge in [0.25, 0.3) is 0 Å². The lowest BCUT2D eigenvalue weighted by molar-refractivity contribution is 0.109. The first kappa shape index (κ1) is 28.4. The van der Waals surface area contributed by atoms with Gasteiger partial charge in [0, 0.05) is 35.9 Å². The van der Waals surface area contributed by atoms with Crippen molar-refractivity contribution in [1.29, 1.82) is 5.26 Å². The second-order valence-corrected chi connectivity index (χ2v) is 10.6.